The van der Waals surface area contributed by atoms with E-state index < -0.39 is 11.7 Å². The third-order valence-electron chi connectivity index (χ3n) is 4.60. The third kappa shape index (κ3) is 3.46. The van der Waals surface area contributed by atoms with Crippen LogP contribution in [0.4, 0.5) is 11.4 Å². The second kappa shape index (κ2) is 7.56. The maximum atomic E-state index is 12.9. The van der Waals surface area contributed by atoms with Crippen LogP contribution in [0.3, 0.4) is 0 Å². The molecule has 0 aliphatic rings. The Balaban J connectivity index is 1.95. The highest BCUT2D eigenvalue weighted by molar-refractivity contribution is 6.48. The number of aryl methyl sites for hydroxylation is 1. The second-order valence-corrected chi connectivity index (χ2v) is 6.42. The summed E-state index contributed by atoms with van der Waals surface area (Å²) in [4.78, 5) is 36.9. The van der Waals surface area contributed by atoms with Crippen LogP contribution in [0.15, 0.2) is 42.5 Å². The number of carbonyl (C=O) groups excluding carboxylic acids is 3. The van der Waals surface area contributed by atoms with Crippen LogP contribution in [0.1, 0.15) is 23.0 Å². The van der Waals surface area contributed by atoms with Crippen molar-refractivity contribution in [2.75, 3.05) is 17.7 Å². The summed E-state index contributed by atoms with van der Waals surface area (Å²) in [5.74, 6) is -1.28. The summed E-state index contributed by atoms with van der Waals surface area (Å²) in [5, 5.41) is 5.96. The minimum absolute atomic E-state index is 0.245. The monoisotopic (exact) mass is 379 g/mol. The first-order chi connectivity index (χ1) is 13.3. The summed E-state index contributed by atoms with van der Waals surface area (Å²) in [6.07, 6.45) is 0. The Morgan fingerprint density at radius 1 is 1.04 bits per heavy atom. The van der Waals surface area contributed by atoms with Gasteiger partial charge in [0.15, 0.2) is 0 Å². The number of nitrogens with one attached hydrogen (secondary N) is 2. The number of amides is 2. The Morgan fingerprint density at radius 2 is 1.75 bits per heavy atom. The van der Waals surface area contributed by atoms with Crippen LogP contribution in [0.25, 0.3) is 10.9 Å². The molecule has 0 aliphatic heterocycles. The number of carbonyl (C=O) groups is 3. The van der Waals surface area contributed by atoms with Gasteiger partial charge in [0.05, 0.1) is 18.4 Å². The van der Waals surface area contributed by atoms with Gasteiger partial charge in [0.1, 0.15) is 5.75 Å². The fourth-order valence-electron chi connectivity index (χ4n) is 3.19. The molecule has 144 valence electrons. The van der Waals surface area contributed by atoms with Gasteiger partial charge in [-0.3, -0.25) is 14.4 Å². The van der Waals surface area contributed by atoms with Gasteiger partial charge in [0.2, 0.25) is 5.91 Å². The quantitative estimate of drug-likeness (QED) is 0.526. The number of hydrogen-bond acceptors (Lipinski definition) is 4. The van der Waals surface area contributed by atoms with E-state index in [1.165, 1.54) is 14.0 Å². The van der Waals surface area contributed by atoms with Gasteiger partial charge < -0.3 is 19.9 Å². The van der Waals surface area contributed by atoms with Gasteiger partial charge in [0.25, 0.3) is 11.7 Å². The Kier molecular flexibility index (Phi) is 5.17. The molecule has 2 amide bonds. The van der Waals surface area contributed by atoms with Crippen molar-refractivity contribution in [3.63, 3.8) is 0 Å². The number of fused-ring (bicyclic) bond motifs is 1. The van der Waals surface area contributed by atoms with Gasteiger partial charge in [-0.15, -0.1) is 0 Å². The maximum Gasteiger partial charge on any atom is 0.296 e. The van der Waals surface area contributed by atoms with E-state index in [1.807, 2.05) is 35.9 Å². The molecule has 0 spiro atoms. The highest BCUT2D eigenvalue weighted by Crippen LogP contribution is 2.29. The number of benzene rings is 2. The van der Waals surface area contributed by atoms with Gasteiger partial charge >= 0.3 is 0 Å². The fourth-order valence-corrected chi connectivity index (χ4v) is 3.19. The molecule has 3 rings (SSSR count). The maximum absolute atomic E-state index is 12.9. The average Bonchev–Trinajstić information content (AvgIpc) is 2.92. The highest BCUT2D eigenvalue weighted by Gasteiger charge is 2.25. The lowest BCUT2D eigenvalue weighted by Crippen LogP contribution is -2.24. The summed E-state index contributed by atoms with van der Waals surface area (Å²) in [5.41, 5.74) is 2.73. The van der Waals surface area contributed by atoms with E-state index in [0.29, 0.717) is 28.4 Å². The third-order valence-corrected chi connectivity index (χ3v) is 4.60. The predicted molar refractivity (Wildman–Crippen MR) is 108 cm³/mol. The first-order valence-corrected chi connectivity index (χ1v) is 8.68. The van der Waals surface area contributed by atoms with E-state index in [4.69, 9.17) is 4.74 Å². The Bertz CT molecular complexity index is 1100. The van der Waals surface area contributed by atoms with E-state index in [1.54, 1.807) is 25.1 Å². The molecular weight excluding hydrogens is 358 g/mol. The molecule has 7 heteroatoms. The molecule has 0 atom stereocenters. The van der Waals surface area contributed by atoms with Gasteiger partial charge in [-0.1, -0.05) is 18.2 Å². The van der Waals surface area contributed by atoms with Gasteiger partial charge in [-0.2, -0.15) is 0 Å². The Morgan fingerprint density at radius 3 is 2.43 bits per heavy atom. The lowest BCUT2D eigenvalue weighted by molar-refractivity contribution is -0.114. The first kappa shape index (κ1) is 19.2. The number of ether oxygens (including phenoxy) is 1. The van der Waals surface area contributed by atoms with Crippen molar-refractivity contribution < 1.29 is 19.1 Å². The van der Waals surface area contributed by atoms with Crippen LogP contribution < -0.4 is 15.4 Å². The first-order valence-electron chi connectivity index (χ1n) is 8.68. The lowest BCUT2D eigenvalue weighted by atomic mass is 10.1. The zero-order chi connectivity index (χ0) is 20.4. The Hall–Kier alpha value is -3.61. The van der Waals surface area contributed by atoms with Gasteiger partial charge in [-0.05, 0) is 31.2 Å². The normalized spacial score (nSPS) is 10.6. The van der Waals surface area contributed by atoms with Crippen molar-refractivity contribution in [2.45, 2.75) is 13.8 Å². The number of aromatic nitrogens is 1. The molecule has 28 heavy (non-hydrogen) atoms. The molecular formula is C21H21N3O4. The van der Waals surface area contributed by atoms with Crippen LogP contribution in [-0.4, -0.2) is 29.3 Å². The predicted octanol–water partition coefficient (Wildman–Crippen LogP) is 3.28. The number of rotatable bonds is 5. The number of Topliss-reactive ketones (excluding diaryl/α,β-unsaturated/α-hetero) is 1. The number of nitrogens with zero attached hydrogens (tertiary/aromatic N) is 1. The van der Waals surface area contributed by atoms with Crippen molar-refractivity contribution in [1.82, 2.24) is 4.57 Å². The molecule has 3 aromatic rings. The standard InChI is InChI=1S/C21H21N3O4/c1-12-19(15-7-5-6-8-17(15)24(12)3)20(26)21(27)23-16-11-14(22-13(2)25)9-10-18(16)28-4/h5-11H,1-4H3,(H,22,25)(H,23,27). The minimum atomic E-state index is -0.780. The summed E-state index contributed by atoms with van der Waals surface area (Å²) in [6.45, 7) is 3.19. The second-order valence-electron chi connectivity index (χ2n) is 6.42. The molecule has 2 aromatic carbocycles. The van der Waals surface area contributed by atoms with Crippen LogP contribution in [-0.2, 0) is 16.6 Å². The summed E-state index contributed by atoms with van der Waals surface area (Å²) >= 11 is 0. The van der Waals surface area contributed by atoms with E-state index in [2.05, 4.69) is 10.6 Å². The molecule has 0 fully saturated rings. The molecule has 7 nitrogen and oxygen atoms in total. The zero-order valence-corrected chi connectivity index (χ0v) is 16.1. The van der Waals surface area contributed by atoms with Crippen molar-refractivity contribution in [3.05, 3.63) is 53.7 Å². The van der Waals surface area contributed by atoms with E-state index in [-0.39, 0.29) is 5.91 Å². The molecule has 0 bridgehead atoms. The molecule has 0 aliphatic carbocycles. The number of hydrogen-bond donors (Lipinski definition) is 2. The zero-order valence-electron chi connectivity index (χ0n) is 16.1. The fraction of sp³-hybridized carbons (Fsp3) is 0.190. The molecule has 1 aromatic heterocycles. The summed E-state index contributed by atoms with van der Waals surface area (Å²) in [6, 6.07) is 12.2. The number of ketones is 1. The van der Waals surface area contributed by atoms with E-state index in [9.17, 15) is 14.4 Å². The molecule has 0 saturated heterocycles. The topological polar surface area (TPSA) is 89.4 Å². The number of anilines is 2. The van der Waals surface area contributed by atoms with Crippen LogP contribution in [0, 0.1) is 6.92 Å². The Labute approximate surface area is 162 Å². The van der Waals surface area contributed by atoms with Crippen molar-refractivity contribution in [3.8, 4) is 5.75 Å². The lowest BCUT2D eigenvalue weighted by Gasteiger charge is -2.12. The van der Waals surface area contributed by atoms with Crippen molar-refractivity contribution in [1.29, 1.82) is 0 Å². The van der Waals surface area contributed by atoms with E-state index >= 15 is 0 Å². The molecule has 0 radical (unpaired) electrons. The minimum Gasteiger partial charge on any atom is -0.495 e. The number of methoxy groups -OCH3 is 1. The van der Waals surface area contributed by atoms with Crippen LogP contribution in [0.5, 0.6) is 5.75 Å². The van der Waals surface area contributed by atoms with Gasteiger partial charge in [-0.25, -0.2) is 0 Å². The highest BCUT2D eigenvalue weighted by atomic mass is 16.5. The van der Waals surface area contributed by atoms with Crippen LogP contribution >= 0.6 is 0 Å². The summed E-state index contributed by atoms with van der Waals surface area (Å²) in [7, 11) is 3.31. The van der Waals surface area contributed by atoms with Gasteiger partial charge in [0, 0.05) is 36.3 Å². The average molecular weight is 379 g/mol. The van der Waals surface area contributed by atoms with E-state index in [0.717, 1.165) is 10.9 Å². The number of para-hydroxylation sites is 1. The van der Waals surface area contributed by atoms with Crippen molar-refractivity contribution >= 4 is 39.9 Å². The SMILES string of the molecule is COc1ccc(NC(C)=O)cc1NC(=O)C(=O)c1c(C)n(C)c2ccccc12. The molecule has 1 heterocycles. The largest absolute Gasteiger partial charge is 0.495 e. The van der Waals surface area contributed by atoms with Crippen LogP contribution in [0.2, 0.25) is 0 Å². The molecule has 0 saturated carbocycles. The molecule has 2 N–H and O–H groups in total. The van der Waals surface area contributed by atoms with Crippen molar-refractivity contribution in [2.24, 2.45) is 7.05 Å². The summed E-state index contributed by atoms with van der Waals surface area (Å²) < 4.78 is 7.13. The molecule has 0 unspecified atom stereocenters. The smallest absolute Gasteiger partial charge is 0.296 e.